The van der Waals surface area contributed by atoms with E-state index in [9.17, 15) is 9.59 Å². The predicted octanol–water partition coefficient (Wildman–Crippen LogP) is -1.41. The Morgan fingerprint density at radius 3 is 1.50 bits per heavy atom. The van der Waals surface area contributed by atoms with Crippen LogP contribution in [0.4, 0.5) is 0 Å². The fraction of sp³-hybridized carbons (Fsp3) is 0.333. The highest BCUT2D eigenvalue weighted by atomic mass is 27.0. The van der Waals surface area contributed by atoms with Crippen molar-refractivity contribution in [2.24, 2.45) is 0 Å². The molecule has 0 N–H and O–H groups in total. The summed E-state index contributed by atoms with van der Waals surface area (Å²) in [5, 5.41) is 0. The van der Waals surface area contributed by atoms with Gasteiger partial charge in [0.25, 0.3) is 0 Å². The molecule has 0 atom stereocenters. The average molecular weight is 102 g/mol. The van der Waals surface area contributed by atoms with Crippen LogP contribution in [-0.4, -0.2) is 29.9 Å². The molecule has 0 aromatic heterocycles. The minimum absolute atomic E-state index is 0. The van der Waals surface area contributed by atoms with Gasteiger partial charge in [0.05, 0.1) is 6.42 Å². The van der Waals surface area contributed by atoms with Gasteiger partial charge < -0.3 is 9.59 Å². The van der Waals surface area contributed by atoms with Crippen molar-refractivity contribution >= 4 is 29.9 Å². The highest BCUT2D eigenvalue weighted by Gasteiger charge is 1.65. The molecule has 0 aromatic carbocycles. The molecule has 6 heavy (non-hydrogen) atoms. The minimum atomic E-state index is 0. The molecule has 3 heteroatoms. The third-order valence-electron chi connectivity index (χ3n) is 0.192. The molecular weight excluding hydrogens is 95.0 g/mol. The summed E-state index contributed by atoms with van der Waals surface area (Å²) in [5.41, 5.74) is 0. The number of hydrogen-bond acceptors (Lipinski definition) is 2. The second kappa shape index (κ2) is 8.86. The molecule has 0 bridgehead atoms. The van der Waals surface area contributed by atoms with Crippen molar-refractivity contribution in [3.8, 4) is 0 Å². The van der Waals surface area contributed by atoms with E-state index in [0.717, 1.165) is 0 Å². The van der Waals surface area contributed by atoms with E-state index in [0.29, 0.717) is 12.6 Å². The largest absolute Gasteiger partial charge is 0.303 e. The molecule has 0 aromatic rings. The number of hydrogen-bond donors (Lipinski definition) is 0. The van der Waals surface area contributed by atoms with Crippen LogP contribution in [0.1, 0.15) is 6.42 Å². The summed E-state index contributed by atoms with van der Waals surface area (Å²) in [5.74, 6) is 0. The summed E-state index contributed by atoms with van der Waals surface area (Å²) in [4.78, 5) is 18.3. The van der Waals surface area contributed by atoms with Crippen LogP contribution < -0.4 is 0 Å². The van der Waals surface area contributed by atoms with Gasteiger partial charge in [-0.2, -0.15) is 0 Å². The molecule has 0 saturated heterocycles. The van der Waals surface area contributed by atoms with Crippen molar-refractivity contribution in [1.29, 1.82) is 0 Å². The van der Waals surface area contributed by atoms with Crippen molar-refractivity contribution < 1.29 is 9.59 Å². The number of carbonyl (C=O) groups excluding carboxylic acids is 2. The Morgan fingerprint density at radius 1 is 1.17 bits per heavy atom. The fourth-order valence-corrected chi connectivity index (χ4v) is 0.0393. The van der Waals surface area contributed by atoms with Gasteiger partial charge in [0.15, 0.2) is 17.4 Å². The summed E-state index contributed by atoms with van der Waals surface area (Å²) >= 11 is 0. The molecular formula is C3H7AlO2. The van der Waals surface area contributed by atoms with Crippen molar-refractivity contribution in [1.82, 2.24) is 0 Å². The van der Waals surface area contributed by atoms with E-state index >= 15 is 0 Å². The molecule has 0 unspecified atom stereocenters. The van der Waals surface area contributed by atoms with Gasteiger partial charge in [-0.1, -0.05) is 0 Å². The molecule has 0 aliphatic rings. The topological polar surface area (TPSA) is 34.1 Å². The van der Waals surface area contributed by atoms with Crippen LogP contribution in [0.25, 0.3) is 0 Å². The third-order valence-corrected chi connectivity index (χ3v) is 0.192. The molecule has 0 fully saturated rings. The number of rotatable bonds is 2. The lowest BCUT2D eigenvalue weighted by molar-refractivity contribution is -0.114. The molecule has 0 heterocycles. The first-order valence-corrected chi connectivity index (χ1v) is 1.29. The number of carbonyl (C=O) groups is 2. The van der Waals surface area contributed by atoms with Gasteiger partial charge in [-0.15, -0.1) is 0 Å². The standard InChI is InChI=1S/C3H4O2.Al.3H/c4-2-1-3-5;;;;/h2-3H,1H2;;;;. The van der Waals surface area contributed by atoms with Crippen LogP contribution in [-0.2, 0) is 9.59 Å². The van der Waals surface area contributed by atoms with Crippen LogP contribution >= 0.6 is 0 Å². The lowest BCUT2D eigenvalue weighted by atomic mass is 10.6. The predicted molar refractivity (Wildman–Crippen MR) is 26.7 cm³/mol. The van der Waals surface area contributed by atoms with E-state index in [1.165, 1.54) is 0 Å². The van der Waals surface area contributed by atoms with Gasteiger partial charge >= 0.3 is 0 Å². The SMILES string of the molecule is O=CCC=O.[AlH3]. The molecule has 0 radical (unpaired) electrons. The summed E-state index contributed by atoms with van der Waals surface area (Å²) in [6, 6.07) is 0. The van der Waals surface area contributed by atoms with Crippen LogP contribution in [0, 0.1) is 0 Å². The van der Waals surface area contributed by atoms with E-state index in [4.69, 9.17) is 0 Å². The summed E-state index contributed by atoms with van der Waals surface area (Å²) < 4.78 is 0. The van der Waals surface area contributed by atoms with Crippen LogP contribution in [0.2, 0.25) is 0 Å². The van der Waals surface area contributed by atoms with Crippen LogP contribution in [0.15, 0.2) is 0 Å². The van der Waals surface area contributed by atoms with E-state index < -0.39 is 0 Å². The normalized spacial score (nSPS) is 5.33. The van der Waals surface area contributed by atoms with E-state index in [1.807, 2.05) is 0 Å². The van der Waals surface area contributed by atoms with Gasteiger partial charge in [-0.3, -0.25) is 0 Å². The second-order valence-electron chi connectivity index (χ2n) is 0.569. The fourth-order valence-electron chi connectivity index (χ4n) is 0.0393. The molecule has 0 amide bonds. The maximum absolute atomic E-state index is 9.17. The lowest BCUT2D eigenvalue weighted by Crippen LogP contribution is -1.69. The molecule has 0 saturated carbocycles. The summed E-state index contributed by atoms with van der Waals surface area (Å²) in [6.07, 6.45) is 1.15. The van der Waals surface area contributed by atoms with Crippen LogP contribution in [0.5, 0.6) is 0 Å². The molecule has 2 nitrogen and oxygen atoms in total. The second-order valence-corrected chi connectivity index (χ2v) is 0.569. The Morgan fingerprint density at radius 2 is 1.50 bits per heavy atom. The Hall–Kier alpha value is -0.128. The third kappa shape index (κ3) is 9.11. The van der Waals surface area contributed by atoms with Gasteiger partial charge in [-0.25, -0.2) is 0 Å². The molecule has 0 aliphatic carbocycles. The maximum atomic E-state index is 9.17. The molecule has 0 aliphatic heterocycles. The van der Waals surface area contributed by atoms with Crippen LogP contribution in [0.3, 0.4) is 0 Å². The van der Waals surface area contributed by atoms with Crippen molar-refractivity contribution in [3.05, 3.63) is 0 Å². The zero-order chi connectivity index (χ0) is 4.12. The highest BCUT2D eigenvalue weighted by Crippen LogP contribution is 1.50. The molecule has 0 rings (SSSR count). The minimum Gasteiger partial charge on any atom is -0.303 e. The first-order chi connectivity index (χ1) is 2.41. The zero-order valence-corrected chi connectivity index (χ0v) is 2.68. The van der Waals surface area contributed by atoms with Crippen molar-refractivity contribution in [2.75, 3.05) is 0 Å². The monoisotopic (exact) mass is 102 g/mol. The van der Waals surface area contributed by atoms with E-state index in [2.05, 4.69) is 0 Å². The Bertz CT molecular complexity index is 38.1. The highest BCUT2D eigenvalue weighted by molar-refractivity contribution is 5.75. The van der Waals surface area contributed by atoms with E-state index in [-0.39, 0.29) is 23.8 Å². The van der Waals surface area contributed by atoms with E-state index in [1.54, 1.807) is 0 Å². The van der Waals surface area contributed by atoms with Gasteiger partial charge in [0.1, 0.15) is 12.6 Å². The zero-order valence-electron chi connectivity index (χ0n) is 2.68. The lowest BCUT2D eigenvalue weighted by Gasteiger charge is -1.53. The number of aldehydes is 2. The molecule has 0 spiro atoms. The van der Waals surface area contributed by atoms with Gasteiger partial charge in [-0.05, 0) is 0 Å². The first kappa shape index (κ1) is 9.30. The molecule has 34 valence electrons. The van der Waals surface area contributed by atoms with Gasteiger partial charge in [0, 0.05) is 0 Å². The maximum Gasteiger partial charge on any atom is 0.187 e. The summed E-state index contributed by atoms with van der Waals surface area (Å²) in [7, 11) is 0. The average Bonchev–Trinajstić information content (AvgIpc) is 1.41. The Balaban J connectivity index is 0. The Labute approximate surface area is 46.7 Å². The van der Waals surface area contributed by atoms with Gasteiger partial charge in [0.2, 0.25) is 0 Å². The Kier molecular flexibility index (Phi) is 13.7. The quantitative estimate of drug-likeness (QED) is 0.244. The summed E-state index contributed by atoms with van der Waals surface area (Å²) in [6.45, 7) is 0. The van der Waals surface area contributed by atoms with Crippen molar-refractivity contribution in [3.63, 3.8) is 0 Å². The smallest absolute Gasteiger partial charge is 0.187 e. The first-order valence-electron chi connectivity index (χ1n) is 1.29. The van der Waals surface area contributed by atoms with Crippen molar-refractivity contribution in [2.45, 2.75) is 6.42 Å².